The average Bonchev–Trinajstić information content (AvgIpc) is 2.53. The van der Waals surface area contributed by atoms with Crippen LogP contribution in [0.2, 0.25) is 0 Å². The van der Waals surface area contributed by atoms with Crippen LogP contribution in [-0.4, -0.2) is 18.5 Å². The van der Waals surface area contributed by atoms with Crippen molar-refractivity contribution < 1.29 is 14.3 Å². The third-order valence-electron chi connectivity index (χ3n) is 3.54. The van der Waals surface area contributed by atoms with Crippen LogP contribution in [0.5, 0.6) is 0 Å². The second-order valence-corrected chi connectivity index (χ2v) is 5.65. The zero-order valence-electron chi connectivity index (χ0n) is 13.6. The molecule has 4 nitrogen and oxygen atoms in total. The summed E-state index contributed by atoms with van der Waals surface area (Å²) < 4.78 is 5.05. The first-order chi connectivity index (χ1) is 11.0. The Morgan fingerprint density at radius 3 is 2.39 bits per heavy atom. The van der Waals surface area contributed by atoms with Crippen LogP contribution in [0.15, 0.2) is 48.5 Å². The van der Waals surface area contributed by atoms with Crippen molar-refractivity contribution in [2.75, 3.05) is 6.61 Å². The molecule has 0 aliphatic heterocycles. The summed E-state index contributed by atoms with van der Waals surface area (Å²) in [4.78, 5) is 23.8. The average molecular weight is 311 g/mol. The topological polar surface area (TPSA) is 55.4 Å². The Morgan fingerprint density at radius 2 is 1.74 bits per heavy atom. The first kappa shape index (κ1) is 16.7. The van der Waals surface area contributed by atoms with E-state index in [2.05, 4.69) is 5.32 Å². The molecule has 1 N–H and O–H groups in total. The van der Waals surface area contributed by atoms with E-state index in [4.69, 9.17) is 4.74 Å². The number of rotatable bonds is 5. The van der Waals surface area contributed by atoms with Crippen LogP contribution in [0.25, 0.3) is 0 Å². The van der Waals surface area contributed by atoms with Gasteiger partial charge in [0.1, 0.15) is 0 Å². The van der Waals surface area contributed by atoms with Gasteiger partial charge in [-0.2, -0.15) is 0 Å². The van der Waals surface area contributed by atoms with Gasteiger partial charge in [-0.15, -0.1) is 0 Å². The van der Waals surface area contributed by atoms with Crippen molar-refractivity contribution in [1.82, 2.24) is 5.32 Å². The van der Waals surface area contributed by atoms with Crippen molar-refractivity contribution in [2.45, 2.75) is 26.8 Å². The maximum atomic E-state index is 11.9. The molecule has 0 bridgehead atoms. The zero-order valence-corrected chi connectivity index (χ0v) is 13.6. The van der Waals surface area contributed by atoms with E-state index in [0.29, 0.717) is 5.56 Å². The molecule has 1 atom stereocenters. The number of amides is 1. The molecule has 120 valence electrons. The van der Waals surface area contributed by atoms with Crippen LogP contribution in [-0.2, 0) is 9.53 Å². The fourth-order valence-electron chi connectivity index (χ4n) is 2.21. The van der Waals surface area contributed by atoms with Gasteiger partial charge in [0.05, 0.1) is 11.6 Å². The van der Waals surface area contributed by atoms with Crippen LogP contribution in [0, 0.1) is 13.8 Å². The summed E-state index contributed by atoms with van der Waals surface area (Å²) in [5.74, 6) is -0.814. The normalized spacial score (nSPS) is 11.6. The minimum absolute atomic E-state index is 0.138. The predicted molar refractivity (Wildman–Crippen MR) is 89.2 cm³/mol. The van der Waals surface area contributed by atoms with E-state index < -0.39 is 5.97 Å². The Hall–Kier alpha value is -2.62. The molecular weight excluding hydrogens is 290 g/mol. The third kappa shape index (κ3) is 4.95. The van der Waals surface area contributed by atoms with E-state index in [9.17, 15) is 9.59 Å². The number of carbonyl (C=O) groups is 2. The molecule has 2 aromatic carbocycles. The van der Waals surface area contributed by atoms with Crippen LogP contribution >= 0.6 is 0 Å². The summed E-state index contributed by atoms with van der Waals surface area (Å²) in [5, 5.41) is 2.82. The quantitative estimate of drug-likeness (QED) is 0.862. The van der Waals surface area contributed by atoms with E-state index in [1.165, 1.54) is 5.56 Å². The number of aryl methyl sites for hydroxylation is 2. The predicted octanol–water partition coefficient (Wildman–Crippen LogP) is 3.34. The second kappa shape index (κ2) is 7.58. The second-order valence-electron chi connectivity index (χ2n) is 5.65. The van der Waals surface area contributed by atoms with Crippen LogP contribution in [0.1, 0.15) is 40.0 Å². The van der Waals surface area contributed by atoms with Gasteiger partial charge in [0.25, 0.3) is 5.91 Å². The highest BCUT2D eigenvalue weighted by Gasteiger charge is 2.13. The van der Waals surface area contributed by atoms with Gasteiger partial charge in [-0.1, -0.05) is 47.5 Å². The molecule has 1 amide bonds. The molecule has 0 radical (unpaired) electrons. The fraction of sp³-hybridized carbons (Fsp3) is 0.263. The van der Waals surface area contributed by atoms with Crippen molar-refractivity contribution in [1.29, 1.82) is 0 Å². The molecule has 0 unspecified atom stereocenters. The highest BCUT2D eigenvalue weighted by molar-refractivity contribution is 5.91. The van der Waals surface area contributed by atoms with Gasteiger partial charge in [-0.3, -0.25) is 4.79 Å². The van der Waals surface area contributed by atoms with Gasteiger partial charge in [0.2, 0.25) is 0 Å². The molecule has 2 rings (SSSR count). The smallest absolute Gasteiger partial charge is 0.338 e. The molecule has 0 aromatic heterocycles. The van der Waals surface area contributed by atoms with E-state index in [1.54, 1.807) is 18.2 Å². The number of ether oxygens (including phenoxy) is 1. The van der Waals surface area contributed by atoms with Crippen LogP contribution < -0.4 is 5.32 Å². The van der Waals surface area contributed by atoms with Crippen molar-refractivity contribution in [2.24, 2.45) is 0 Å². The molecule has 0 saturated carbocycles. The number of hydrogen-bond donors (Lipinski definition) is 1. The molecule has 4 heteroatoms. The molecule has 23 heavy (non-hydrogen) atoms. The molecule has 0 spiro atoms. The molecule has 0 fully saturated rings. The van der Waals surface area contributed by atoms with Gasteiger partial charge < -0.3 is 10.1 Å². The Labute approximate surface area is 136 Å². The lowest BCUT2D eigenvalue weighted by atomic mass is 10.1. The number of nitrogens with one attached hydrogen (secondary N) is 1. The van der Waals surface area contributed by atoms with Crippen molar-refractivity contribution in [3.05, 3.63) is 70.8 Å². The van der Waals surface area contributed by atoms with Gasteiger partial charge in [-0.25, -0.2) is 4.79 Å². The minimum Gasteiger partial charge on any atom is -0.452 e. The largest absolute Gasteiger partial charge is 0.452 e. The Balaban J connectivity index is 1.85. The summed E-state index contributed by atoms with van der Waals surface area (Å²) in [6.45, 7) is 5.51. The number of esters is 1. The molecule has 0 aliphatic carbocycles. The molecule has 2 aromatic rings. The van der Waals surface area contributed by atoms with Crippen molar-refractivity contribution in [3.8, 4) is 0 Å². The van der Waals surface area contributed by atoms with Gasteiger partial charge in [0.15, 0.2) is 6.61 Å². The molecular formula is C19H21NO3. The monoisotopic (exact) mass is 311 g/mol. The maximum absolute atomic E-state index is 11.9. The van der Waals surface area contributed by atoms with Gasteiger partial charge >= 0.3 is 5.97 Å². The highest BCUT2D eigenvalue weighted by Crippen LogP contribution is 2.13. The lowest BCUT2D eigenvalue weighted by molar-refractivity contribution is -0.124. The first-order valence-corrected chi connectivity index (χ1v) is 7.55. The minimum atomic E-state index is -0.494. The van der Waals surface area contributed by atoms with Gasteiger partial charge in [-0.05, 0) is 38.5 Å². The lowest BCUT2D eigenvalue weighted by Crippen LogP contribution is -2.31. The summed E-state index contributed by atoms with van der Waals surface area (Å²) in [6, 6.07) is 14.9. The maximum Gasteiger partial charge on any atom is 0.338 e. The van der Waals surface area contributed by atoms with Gasteiger partial charge in [0, 0.05) is 0 Å². The van der Waals surface area contributed by atoms with E-state index >= 15 is 0 Å². The third-order valence-corrected chi connectivity index (χ3v) is 3.54. The molecule has 0 heterocycles. The standard InChI is InChI=1S/C19H21NO3/c1-13-7-9-16(10-8-13)15(3)20-18(21)12-23-19(22)17-6-4-5-14(2)11-17/h4-11,15H,12H2,1-3H3,(H,20,21)/t15-/m0/s1. The van der Waals surface area contributed by atoms with E-state index in [-0.39, 0.29) is 18.6 Å². The Bertz CT molecular complexity index is 692. The highest BCUT2D eigenvalue weighted by atomic mass is 16.5. The summed E-state index contributed by atoms with van der Waals surface area (Å²) in [7, 11) is 0. The summed E-state index contributed by atoms with van der Waals surface area (Å²) >= 11 is 0. The summed E-state index contributed by atoms with van der Waals surface area (Å²) in [5.41, 5.74) is 3.59. The van der Waals surface area contributed by atoms with E-state index in [0.717, 1.165) is 11.1 Å². The zero-order chi connectivity index (χ0) is 16.8. The molecule has 0 aliphatic rings. The van der Waals surface area contributed by atoms with Crippen LogP contribution in [0.4, 0.5) is 0 Å². The summed E-state index contributed by atoms with van der Waals surface area (Å²) in [6.07, 6.45) is 0. The SMILES string of the molecule is Cc1ccc([C@H](C)NC(=O)COC(=O)c2cccc(C)c2)cc1. The van der Waals surface area contributed by atoms with Crippen molar-refractivity contribution in [3.63, 3.8) is 0 Å². The number of benzene rings is 2. The molecule has 0 saturated heterocycles. The Morgan fingerprint density at radius 1 is 1.04 bits per heavy atom. The Kier molecular flexibility index (Phi) is 5.52. The number of carbonyl (C=O) groups excluding carboxylic acids is 2. The van der Waals surface area contributed by atoms with Crippen molar-refractivity contribution >= 4 is 11.9 Å². The fourth-order valence-corrected chi connectivity index (χ4v) is 2.21. The number of hydrogen-bond acceptors (Lipinski definition) is 3. The van der Waals surface area contributed by atoms with Crippen LogP contribution in [0.3, 0.4) is 0 Å². The van der Waals surface area contributed by atoms with E-state index in [1.807, 2.05) is 51.1 Å². The lowest BCUT2D eigenvalue weighted by Gasteiger charge is -2.14. The first-order valence-electron chi connectivity index (χ1n) is 7.55.